The van der Waals surface area contributed by atoms with Gasteiger partial charge in [0.05, 0.1) is 0 Å². The van der Waals surface area contributed by atoms with E-state index in [0.29, 0.717) is 0 Å². The predicted octanol–water partition coefficient (Wildman–Crippen LogP) is 5.86. The fourth-order valence-corrected chi connectivity index (χ4v) is 2.70. The standard InChI is InChI=1S/C22H27N/c1-3-18-23(19-4-2)22(21-15-9-6-10-16-21)17-11-14-20-12-7-5-8-13-20/h5-17H,3-4,18-19H2,1-2H3/b14-11+,22-17+. The van der Waals surface area contributed by atoms with E-state index < -0.39 is 0 Å². The van der Waals surface area contributed by atoms with Crippen LogP contribution in [-0.4, -0.2) is 18.0 Å². The van der Waals surface area contributed by atoms with E-state index in [9.17, 15) is 0 Å². The third-order valence-electron chi connectivity index (χ3n) is 3.74. The zero-order valence-corrected chi connectivity index (χ0v) is 14.3. The number of allylic oxidation sites excluding steroid dienone is 2. The molecular formula is C22H27N. The van der Waals surface area contributed by atoms with Crippen LogP contribution in [0.25, 0.3) is 11.8 Å². The van der Waals surface area contributed by atoms with Gasteiger partial charge in [-0.05, 0) is 30.0 Å². The highest BCUT2D eigenvalue weighted by Gasteiger charge is 2.09. The fourth-order valence-electron chi connectivity index (χ4n) is 2.70. The molecule has 2 aromatic carbocycles. The minimum Gasteiger partial charge on any atom is -0.371 e. The third-order valence-corrected chi connectivity index (χ3v) is 3.74. The first-order chi connectivity index (χ1) is 11.3. The molecule has 0 saturated carbocycles. The molecular weight excluding hydrogens is 278 g/mol. The molecule has 0 amide bonds. The molecule has 0 radical (unpaired) electrons. The average molecular weight is 305 g/mol. The van der Waals surface area contributed by atoms with Gasteiger partial charge < -0.3 is 4.90 Å². The van der Waals surface area contributed by atoms with Gasteiger partial charge in [-0.25, -0.2) is 0 Å². The van der Waals surface area contributed by atoms with Crippen LogP contribution in [-0.2, 0) is 0 Å². The molecule has 0 N–H and O–H groups in total. The Labute approximate surface area is 141 Å². The lowest BCUT2D eigenvalue weighted by molar-refractivity contribution is 0.396. The van der Waals surface area contributed by atoms with E-state index in [1.54, 1.807) is 0 Å². The van der Waals surface area contributed by atoms with E-state index in [1.165, 1.54) is 16.8 Å². The summed E-state index contributed by atoms with van der Waals surface area (Å²) in [6, 6.07) is 21.1. The van der Waals surface area contributed by atoms with Gasteiger partial charge in [-0.15, -0.1) is 0 Å². The molecule has 0 unspecified atom stereocenters. The molecule has 0 aromatic heterocycles. The summed E-state index contributed by atoms with van der Waals surface area (Å²) in [6.07, 6.45) is 8.89. The van der Waals surface area contributed by atoms with Crippen molar-refractivity contribution in [2.24, 2.45) is 0 Å². The Morgan fingerprint density at radius 2 is 1.39 bits per heavy atom. The van der Waals surface area contributed by atoms with Crippen molar-refractivity contribution < 1.29 is 0 Å². The van der Waals surface area contributed by atoms with Gasteiger partial charge in [0.1, 0.15) is 0 Å². The molecule has 0 aliphatic rings. The van der Waals surface area contributed by atoms with Crippen molar-refractivity contribution in [1.82, 2.24) is 4.90 Å². The first-order valence-electron chi connectivity index (χ1n) is 8.59. The van der Waals surface area contributed by atoms with Crippen molar-refractivity contribution in [2.45, 2.75) is 26.7 Å². The summed E-state index contributed by atoms with van der Waals surface area (Å²) in [5.41, 5.74) is 3.82. The minimum atomic E-state index is 1.09. The van der Waals surface area contributed by atoms with Crippen LogP contribution in [0.2, 0.25) is 0 Å². The van der Waals surface area contributed by atoms with Crippen LogP contribution in [0, 0.1) is 0 Å². The van der Waals surface area contributed by atoms with Crippen LogP contribution in [0.1, 0.15) is 37.8 Å². The topological polar surface area (TPSA) is 3.24 Å². The summed E-state index contributed by atoms with van der Waals surface area (Å²) in [7, 11) is 0. The quantitative estimate of drug-likeness (QED) is 0.552. The molecule has 0 aliphatic carbocycles. The largest absolute Gasteiger partial charge is 0.371 e. The van der Waals surface area contributed by atoms with E-state index >= 15 is 0 Å². The van der Waals surface area contributed by atoms with Gasteiger partial charge in [-0.2, -0.15) is 0 Å². The summed E-state index contributed by atoms with van der Waals surface area (Å²) in [6.45, 7) is 6.66. The lowest BCUT2D eigenvalue weighted by atomic mass is 10.1. The second-order valence-corrected chi connectivity index (χ2v) is 5.67. The summed E-state index contributed by atoms with van der Waals surface area (Å²) >= 11 is 0. The SMILES string of the molecule is CCCN(CCC)/C(=C/C=C/c1ccccc1)c1ccccc1. The number of benzene rings is 2. The molecule has 0 fully saturated rings. The smallest absolute Gasteiger partial charge is 0.0439 e. The predicted molar refractivity (Wildman–Crippen MR) is 102 cm³/mol. The fraction of sp³-hybridized carbons (Fsp3) is 0.273. The maximum absolute atomic E-state index is 2.49. The minimum absolute atomic E-state index is 1.09. The van der Waals surface area contributed by atoms with Crippen molar-refractivity contribution in [3.63, 3.8) is 0 Å². The van der Waals surface area contributed by atoms with Crippen LogP contribution in [0.5, 0.6) is 0 Å². The molecule has 2 aromatic rings. The van der Waals surface area contributed by atoms with Gasteiger partial charge in [0.2, 0.25) is 0 Å². The Kier molecular flexibility index (Phi) is 7.19. The van der Waals surface area contributed by atoms with E-state index in [1.807, 2.05) is 6.07 Å². The first-order valence-corrected chi connectivity index (χ1v) is 8.59. The van der Waals surface area contributed by atoms with Crippen LogP contribution < -0.4 is 0 Å². The Bertz CT molecular complexity index is 605. The summed E-state index contributed by atoms with van der Waals surface area (Å²) in [5, 5.41) is 0. The van der Waals surface area contributed by atoms with Gasteiger partial charge in [0.15, 0.2) is 0 Å². The molecule has 120 valence electrons. The van der Waals surface area contributed by atoms with Crippen molar-refractivity contribution in [1.29, 1.82) is 0 Å². The zero-order valence-electron chi connectivity index (χ0n) is 14.3. The van der Waals surface area contributed by atoms with Crippen molar-refractivity contribution in [3.05, 3.63) is 83.9 Å². The third kappa shape index (κ3) is 5.45. The first kappa shape index (κ1) is 17.1. The van der Waals surface area contributed by atoms with Crippen molar-refractivity contribution >= 4 is 11.8 Å². The molecule has 1 heteroatoms. The van der Waals surface area contributed by atoms with Crippen LogP contribution in [0.3, 0.4) is 0 Å². The molecule has 0 atom stereocenters. The van der Waals surface area contributed by atoms with Crippen molar-refractivity contribution in [3.8, 4) is 0 Å². The maximum Gasteiger partial charge on any atom is 0.0439 e. The zero-order chi connectivity index (χ0) is 16.3. The molecule has 23 heavy (non-hydrogen) atoms. The average Bonchev–Trinajstić information content (AvgIpc) is 2.60. The highest BCUT2D eigenvalue weighted by atomic mass is 15.1. The highest BCUT2D eigenvalue weighted by Crippen LogP contribution is 2.20. The monoisotopic (exact) mass is 305 g/mol. The summed E-state index contributed by atoms with van der Waals surface area (Å²) in [5.74, 6) is 0. The summed E-state index contributed by atoms with van der Waals surface area (Å²) < 4.78 is 0. The number of hydrogen-bond acceptors (Lipinski definition) is 1. The van der Waals surface area contributed by atoms with E-state index in [0.717, 1.165) is 25.9 Å². The molecule has 0 spiro atoms. The Morgan fingerprint density at radius 3 is 1.96 bits per heavy atom. The maximum atomic E-state index is 2.49. The lowest BCUT2D eigenvalue weighted by Crippen LogP contribution is -2.23. The van der Waals surface area contributed by atoms with Gasteiger partial charge in [-0.1, -0.05) is 86.7 Å². The summed E-state index contributed by atoms with van der Waals surface area (Å²) in [4.78, 5) is 2.49. The number of rotatable bonds is 8. The Hall–Kier alpha value is -2.28. The number of hydrogen-bond donors (Lipinski definition) is 0. The van der Waals surface area contributed by atoms with E-state index in [2.05, 4.69) is 91.6 Å². The van der Waals surface area contributed by atoms with Crippen LogP contribution in [0.4, 0.5) is 0 Å². The molecule has 0 aliphatic heterocycles. The molecule has 0 heterocycles. The van der Waals surface area contributed by atoms with Gasteiger partial charge >= 0.3 is 0 Å². The van der Waals surface area contributed by atoms with Gasteiger partial charge in [0.25, 0.3) is 0 Å². The Morgan fingerprint density at radius 1 is 0.826 bits per heavy atom. The highest BCUT2D eigenvalue weighted by molar-refractivity contribution is 5.67. The Balaban J connectivity index is 2.28. The van der Waals surface area contributed by atoms with Gasteiger partial charge in [-0.3, -0.25) is 0 Å². The van der Waals surface area contributed by atoms with Crippen LogP contribution in [0.15, 0.2) is 72.8 Å². The van der Waals surface area contributed by atoms with E-state index in [4.69, 9.17) is 0 Å². The molecule has 1 nitrogen and oxygen atoms in total. The molecule has 0 bridgehead atoms. The normalized spacial score (nSPS) is 11.8. The number of nitrogens with zero attached hydrogens (tertiary/aromatic N) is 1. The second kappa shape index (κ2) is 9.68. The van der Waals surface area contributed by atoms with Crippen LogP contribution >= 0.6 is 0 Å². The molecule has 2 rings (SSSR count). The van der Waals surface area contributed by atoms with Gasteiger partial charge in [0, 0.05) is 18.8 Å². The molecule has 0 saturated heterocycles. The lowest BCUT2D eigenvalue weighted by Gasteiger charge is -2.27. The van der Waals surface area contributed by atoms with Crippen molar-refractivity contribution in [2.75, 3.05) is 13.1 Å². The second-order valence-electron chi connectivity index (χ2n) is 5.67. The van der Waals surface area contributed by atoms with E-state index in [-0.39, 0.29) is 0 Å².